The minimum atomic E-state index is -0.684. The SMILES string of the molecule is C=C(C)C(=O)NCC(=O)OC1C2CC3C1OC(=O)C3C2C(=O)OC. The second kappa shape index (κ2) is 5.92. The minimum Gasteiger partial charge on any atom is -0.469 e. The highest BCUT2D eigenvalue weighted by atomic mass is 16.6. The molecule has 130 valence electrons. The summed E-state index contributed by atoms with van der Waals surface area (Å²) in [5.74, 6) is -3.60. The van der Waals surface area contributed by atoms with E-state index in [1.807, 2.05) is 0 Å². The molecular formula is C16H19NO7. The number of ether oxygens (including phenoxy) is 3. The summed E-state index contributed by atoms with van der Waals surface area (Å²) in [5, 5.41) is 2.38. The number of nitrogens with one attached hydrogen (secondary N) is 1. The molecule has 2 bridgehead atoms. The van der Waals surface area contributed by atoms with Crippen molar-refractivity contribution in [3.63, 3.8) is 0 Å². The van der Waals surface area contributed by atoms with Gasteiger partial charge in [0.15, 0.2) is 0 Å². The van der Waals surface area contributed by atoms with Gasteiger partial charge in [-0.1, -0.05) is 6.58 Å². The van der Waals surface area contributed by atoms with Crippen LogP contribution in [0.25, 0.3) is 0 Å². The monoisotopic (exact) mass is 337 g/mol. The highest BCUT2D eigenvalue weighted by molar-refractivity contribution is 5.94. The van der Waals surface area contributed by atoms with E-state index in [4.69, 9.17) is 14.2 Å². The molecule has 8 nitrogen and oxygen atoms in total. The molecule has 0 radical (unpaired) electrons. The number of carbonyl (C=O) groups is 4. The van der Waals surface area contributed by atoms with Crippen molar-refractivity contribution in [2.75, 3.05) is 13.7 Å². The van der Waals surface area contributed by atoms with E-state index in [1.165, 1.54) is 14.0 Å². The number of fused-ring (bicyclic) bond motifs is 1. The van der Waals surface area contributed by atoms with Crippen molar-refractivity contribution in [2.45, 2.75) is 25.6 Å². The molecule has 3 rings (SSSR count). The van der Waals surface area contributed by atoms with E-state index < -0.39 is 47.9 Å². The summed E-state index contributed by atoms with van der Waals surface area (Å²) in [6.45, 7) is 4.68. The first-order valence-electron chi connectivity index (χ1n) is 7.76. The first-order valence-corrected chi connectivity index (χ1v) is 7.76. The molecule has 1 saturated heterocycles. The zero-order chi connectivity index (χ0) is 17.6. The van der Waals surface area contributed by atoms with Crippen LogP contribution in [0.3, 0.4) is 0 Å². The van der Waals surface area contributed by atoms with Crippen molar-refractivity contribution < 1.29 is 33.4 Å². The van der Waals surface area contributed by atoms with Gasteiger partial charge in [-0.3, -0.25) is 19.2 Å². The highest BCUT2D eigenvalue weighted by Gasteiger charge is 2.70. The molecule has 0 aromatic carbocycles. The molecule has 0 aromatic rings. The van der Waals surface area contributed by atoms with Gasteiger partial charge in [-0.2, -0.15) is 0 Å². The van der Waals surface area contributed by atoms with Crippen molar-refractivity contribution in [3.05, 3.63) is 12.2 Å². The molecule has 1 N–H and O–H groups in total. The molecule has 3 fully saturated rings. The van der Waals surface area contributed by atoms with Gasteiger partial charge in [0.05, 0.1) is 18.9 Å². The minimum absolute atomic E-state index is 0.130. The average molecular weight is 337 g/mol. The third-order valence-electron chi connectivity index (χ3n) is 5.07. The smallest absolute Gasteiger partial charge is 0.325 e. The van der Waals surface area contributed by atoms with Crippen molar-refractivity contribution >= 4 is 23.8 Å². The Morgan fingerprint density at radius 1 is 1.33 bits per heavy atom. The first-order chi connectivity index (χ1) is 11.3. The van der Waals surface area contributed by atoms with E-state index in [0.717, 1.165) is 0 Å². The van der Waals surface area contributed by atoms with Crippen LogP contribution in [0, 0.1) is 23.7 Å². The molecule has 8 heteroatoms. The molecule has 6 atom stereocenters. The molecule has 1 amide bonds. The molecular weight excluding hydrogens is 318 g/mol. The molecule has 2 aliphatic carbocycles. The van der Waals surface area contributed by atoms with Gasteiger partial charge >= 0.3 is 17.9 Å². The van der Waals surface area contributed by atoms with Gasteiger partial charge in [0, 0.05) is 17.4 Å². The number of hydrogen-bond donors (Lipinski definition) is 1. The third kappa shape index (κ3) is 2.46. The van der Waals surface area contributed by atoms with Crippen LogP contribution in [0.4, 0.5) is 0 Å². The maximum Gasteiger partial charge on any atom is 0.325 e. The van der Waals surface area contributed by atoms with Crippen LogP contribution in [0.1, 0.15) is 13.3 Å². The molecule has 6 unspecified atom stereocenters. The fraction of sp³-hybridized carbons (Fsp3) is 0.625. The maximum atomic E-state index is 12.0. The summed E-state index contributed by atoms with van der Waals surface area (Å²) in [5.41, 5.74) is 0.279. The number of methoxy groups -OCH3 is 1. The fourth-order valence-electron chi connectivity index (χ4n) is 4.10. The summed E-state index contributed by atoms with van der Waals surface area (Å²) in [7, 11) is 1.26. The quantitative estimate of drug-likeness (QED) is 0.412. The molecule has 0 spiro atoms. The number of rotatable bonds is 5. The number of amides is 1. The molecule has 1 aliphatic heterocycles. The second-order valence-corrected chi connectivity index (χ2v) is 6.46. The van der Waals surface area contributed by atoms with E-state index >= 15 is 0 Å². The zero-order valence-corrected chi connectivity index (χ0v) is 13.4. The third-order valence-corrected chi connectivity index (χ3v) is 5.07. The summed E-state index contributed by atoms with van der Waals surface area (Å²) in [4.78, 5) is 47.4. The summed E-state index contributed by atoms with van der Waals surface area (Å²) in [6, 6.07) is 0. The first kappa shape index (κ1) is 16.5. The Bertz CT molecular complexity index is 628. The van der Waals surface area contributed by atoms with Gasteiger partial charge in [0.1, 0.15) is 18.8 Å². The second-order valence-electron chi connectivity index (χ2n) is 6.46. The van der Waals surface area contributed by atoms with Crippen LogP contribution in [-0.4, -0.2) is 49.7 Å². The van der Waals surface area contributed by atoms with Crippen LogP contribution in [-0.2, 0) is 33.4 Å². The van der Waals surface area contributed by atoms with Gasteiger partial charge in [0.2, 0.25) is 5.91 Å². The van der Waals surface area contributed by atoms with Crippen LogP contribution in [0.2, 0.25) is 0 Å². The van der Waals surface area contributed by atoms with Crippen LogP contribution < -0.4 is 5.32 Å². The Hall–Kier alpha value is -2.38. The van der Waals surface area contributed by atoms with E-state index in [0.29, 0.717) is 6.42 Å². The number of hydrogen-bond acceptors (Lipinski definition) is 7. The van der Waals surface area contributed by atoms with Gasteiger partial charge in [-0.05, 0) is 13.3 Å². The topological polar surface area (TPSA) is 108 Å². The molecule has 0 aromatic heterocycles. The van der Waals surface area contributed by atoms with E-state index in [9.17, 15) is 19.2 Å². The maximum absolute atomic E-state index is 12.0. The van der Waals surface area contributed by atoms with Gasteiger partial charge in [-0.25, -0.2) is 0 Å². The van der Waals surface area contributed by atoms with E-state index in [1.54, 1.807) is 0 Å². The largest absolute Gasteiger partial charge is 0.469 e. The Labute approximate surface area is 138 Å². The van der Waals surface area contributed by atoms with Crippen LogP contribution >= 0.6 is 0 Å². The Morgan fingerprint density at radius 2 is 2.04 bits per heavy atom. The lowest BCUT2D eigenvalue weighted by Gasteiger charge is -2.29. The molecule has 1 heterocycles. The van der Waals surface area contributed by atoms with Crippen molar-refractivity contribution in [1.82, 2.24) is 5.32 Å². The van der Waals surface area contributed by atoms with Gasteiger partial charge < -0.3 is 19.5 Å². The molecule has 24 heavy (non-hydrogen) atoms. The fourth-order valence-corrected chi connectivity index (χ4v) is 4.10. The average Bonchev–Trinajstić information content (AvgIpc) is 3.15. The summed E-state index contributed by atoms with van der Waals surface area (Å²) in [6.07, 6.45) is -0.623. The Balaban J connectivity index is 1.68. The lowest BCUT2D eigenvalue weighted by atomic mass is 9.78. The summed E-state index contributed by atoms with van der Waals surface area (Å²) >= 11 is 0. The molecule has 2 saturated carbocycles. The van der Waals surface area contributed by atoms with Crippen molar-refractivity contribution in [3.8, 4) is 0 Å². The number of esters is 3. The van der Waals surface area contributed by atoms with Crippen LogP contribution in [0.15, 0.2) is 12.2 Å². The predicted octanol–water partition coefficient (Wildman–Crippen LogP) is -0.429. The van der Waals surface area contributed by atoms with E-state index in [2.05, 4.69) is 11.9 Å². The van der Waals surface area contributed by atoms with Crippen molar-refractivity contribution in [1.29, 1.82) is 0 Å². The predicted molar refractivity (Wildman–Crippen MR) is 78.2 cm³/mol. The number of carbonyl (C=O) groups excluding carboxylic acids is 4. The van der Waals surface area contributed by atoms with Gasteiger partial charge in [0.25, 0.3) is 0 Å². The van der Waals surface area contributed by atoms with Crippen LogP contribution in [0.5, 0.6) is 0 Å². The van der Waals surface area contributed by atoms with E-state index in [-0.39, 0.29) is 24.0 Å². The normalized spacial score (nSPS) is 35.3. The van der Waals surface area contributed by atoms with Crippen molar-refractivity contribution in [2.24, 2.45) is 23.7 Å². The lowest BCUT2D eigenvalue weighted by Crippen LogP contribution is -2.44. The highest BCUT2D eigenvalue weighted by Crippen LogP contribution is 2.58. The Morgan fingerprint density at radius 3 is 2.67 bits per heavy atom. The molecule has 3 aliphatic rings. The Kier molecular flexibility index (Phi) is 4.06. The standard InChI is InChI=1S/C16H19NO7/c1-6(2)14(19)17-5-9(18)23-12-7-4-8-11(10(7)15(20)22-3)16(21)24-13(8)12/h7-8,10-13H,1,4-5H2,2-3H3,(H,17,19). The lowest BCUT2D eigenvalue weighted by molar-refractivity contribution is -0.164. The van der Waals surface area contributed by atoms with Gasteiger partial charge in [-0.15, -0.1) is 0 Å². The zero-order valence-electron chi connectivity index (χ0n) is 13.4. The summed E-state index contributed by atoms with van der Waals surface area (Å²) < 4.78 is 15.5.